The van der Waals surface area contributed by atoms with Crippen LogP contribution in [0, 0.1) is 6.92 Å². The number of rotatable bonds is 6. The second-order valence-electron chi connectivity index (χ2n) is 4.09. The van der Waals surface area contributed by atoms with Gasteiger partial charge in [-0.3, -0.25) is 10.1 Å². The molecule has 2 N–H and O–H groups in total. The van der Waals surface area contributed by atoms with E-state index in [-0.39, 0.29) is 18.0 Å². The number of carbonyl (C=O) groups is 1. The summed E-state index contributed by atoms with van der Waals surface area (Å²) in [6.45, 7) is 10.1. The number of nitrogens with one attached hydrogen (secondary N) is 2. The maximum absolute atomic E-state index is 11.7. The number of aryl methyl sites for hydroxylation is 1. The van der Waals surface area contributed by atoms with Gasteiger partial charge in [-0.15, -0.1) is 17.9 Å². The SMILES string of the molecule is C=CCNC(=O)C(C)NC(C)c1ccc(C)s1. The maximum atomic E-state index is 11.7. The number of thiophene rings is 1. The molecule has 0 saturated heterocycles. The van der Waals surface area contributed by atoms with E-state index in [1.165, 1.54) is 9.75 Å². The first-order valence-corrected chi connectivity index (χ1v) is 6.57. The Kier molecular flexibility index (Phi) is 5.38. The molecule has 94 valence electrons. The van der Waals surface area contributed by atoms with Crippen molar-refractivity contribution < 1.29 is 4.79 Å². The van der Waals surface area contributed by atoms with Crippen molar-refractivity contribution in [3.63, 3.8) is 0 Å². The van der Waals surface area contributed by atoms with Crippen LogP contribution in [-0.4, -0.2) is 18.5 Å². The number of carbonyl (C=O) groups excluding carboxylic acids is 1. The summed E-state index contributed by atoms with van der Waals surface area (Å²) < 4.78 is 0. The lowest BCUT2D eigenvalue weighted by atomic mass is 10.2. The second-order valence-corrected chi connectivity index (χ2v) is 5.41. The number of hydrogen-bond acceptors (Lipinski definition) is 3. The summed E-state index contributed by atoms with van der Waals surface area (Å²) in [7, 11) is 0. The Morgan fingerprint density at radius 2 is 2.24 bits per heavy atom. The topological polar surface area (TPSA) is 41.1 Å². The van der Waals surface area contributed by atoms with Crippen LogP contribution in [0.2, 0.25) is 0 Å². The van der Waals surface area contributed by atoms with Gasteiger partial charge in [-0.05, 0) is 32.9 Å². The summed E-state index contributed by atoms with van der Waals surface area (Å²) in [5.74, 6) is 0.00466. The molecule has 0 saturated carbocycles. The molecule has 1 aromatic rings. The third-order valence-corrected chi connectivity index (χ3v) is 3.69. The van der Waals surface area contributed by atoms with E-state index in [1.807, 2.05) is 6.92 Å². The highest BCUT2D eigenvalue weighted by Gasteiger charge is 2.16. The van der Waals surface area contributed by atoms with Gasteiger partial charge in [0.25, 0.3) is 0 Å². The first-order valence-electron chi connectivity index (χ1n) is 5.75. The van der Waals surface area contributed by atoms with Crippen LogP contribution in [0.25, 0.3) is 0 Å². The van der Waals surface area contributed by atoms with Crippen LogP contribution < -0.4 is 10.6 Å². The van der Waals surface area contributed by atoms with Crippen molar-refractivity contribution in [1.29, 1.82) is 0 Å². The Morgan fingerprint density at radius 3 is 2.76 bits per heavy atom. The Hall–Kier alpha value is -1.13. The quantitative estimate of drug-likeness (QED) is 0.763. The number of amides is 1. The molecule has 0 aromatic carbocycles. The van der Waals surface area contributed by atoms with E-state index in [1.54, 1.807) is 17.4 Å². The molecule has 2 atom stereocenters. The average Bonchev–Trinajstić information content (AvgIpc) is 2.72. The third kappa shape index (κ3) is 4.32. The molecule has 3 nitrogen and oxygen atoms in total. The highest BCUT2D eigenvalue weighted by atomic mass is 32.1. The second kappa shape index (κ2) is 6.57. The van der Waals surface area contributed by atoms with Gasteiger partial charge in [0, 0.05) is 22.3 Å². The summed E-state index contributed by atoms with van der Waals surface area (Å²) in [6.07, 6.45) is 1.68. The highest BCUT2D eigenvalue weighted by molar-refractivity contribution is 7.12. The van der Waals surface area contributed by atoms with Gasteiger partial charge in [-0.2, -0.15) is 0 Å². The predicted molar refractivity (Wildman–Crippen MR) is 73.3 cm³/mol. The Balaban J connectivity index is 2.47. The summed E-state index contributed by atoms with van der Waals surface area (Å²) in [6, 6.07) is 4.19. The smallest absolute Gasteiger partial charge is 0.237 e. The average molecular weight is 252 g/mol. The molecule has 1 rings (SSSR count). The summed E-state index contributed by atoms with van der Waals surface area (Å²) in [4.78, 5) is 14.2. The lowest BCUT2D eigenvalue weighted by Gasteiger charge is -2.18. The lowest BCUT2D eigenvalue weighted by molar-refractivity contribution is -0.122. The summed E-state index contributed by atoms with van der Waals surface area (Å²) in [5.41, 5.74) is 0. The van der Waals surface area contributed by atoms with Gasteiger partial charge in [-0.25, -0.2) is 0 Å². The van der Waals surface area contributed by atoms with Gasteiger partial charge < -0.3 is 5.32 Å². The molecule has 0 fully saturated rings. The monoisotopic (exact) mass is 252 g/mol. The Bertz CT molecular complexity index is 387. The van der Waals surface area contributed by atoms with Gasteiger partial charge >= 0.3 is 0 Å². The molecule has 17 heavy (non-hydrogen) atoms. The molecular formula is C13H20N2OS. The van der Waals surface area contributed by atoms with Crippen LogP contribution in [0.5, 0.6) is 0 Å². The van der Waals surface area contributed by atoms with Crippen molar-refractivity contribution in [2.24, 2.45) is 0 Å². The normalized spacial score (nSPS) is 14.1. The van der Waals surface area contributed by atoms with E-state index >= 15 is 0 Å². The molecule has 1 amide bonds. The number of hydrogen-bond donors (Lipinski definition) is 2. The van der Waals surface area contributed by atoms with E-state index < -0.39 is 0 Å². The van der Waals surface area contributed by atoms with Crippen molar-refractivity contribution in [2.75, 3.05) is 6.54 Å². The molecule has 0 aliphatic heterocycles. The van der Waals surface area contributed by atoms with Crippen molar-refractivity contribution in [3.8, 4) is 0 Å². The zero-order valence-corrected chi connectivity index (χ0v) is 11.4. The molecule has 1 heterocycles. The minimum Gasteiger partial charge on any atom is -0.351 e. The zero-order chi connectivity index (χ0) is 12.8. The standard InChI is InChI=1S/C13H20N2OS/c1-5-8-14-13(16)11(4)15-10(3)12-7-6-9(2)17-12/h5-7,10-11,15H,1,8H2,2-4H3,(H,14,16). The molecule has 1 aromatic heterocycles. The minimum absolute atomic E-state index is 0.00466. The molecule has 0 aliphatic carbocycles. The molecule has 0 spiro atoms. The molecule has 2 unspecified atom stereocenters. The van der Waals surface area contributed by atoms with Crippen LogP contribution in [0.4, 0.5) is 0 Å². The highest BCUT2D eigenvalue weighted by Crippen LogP contribution is 2.22. The third-order valence-electron chi connectivity index (χ3n) is 2.50. The van der Waals surface area contributed by atoms with Gasteiger partial charge in [0.15, 0.2) is 0 Å². The van der Waals surface area contributed by atoms with Crippen molar-refractivity contribution in [3.05, 3.63) is 34.5 Å². The minimum atomic E-state index is -0.202. The fraction of sp³-hybridized carbons (Fsp3) is 0.462. The lowest BCUT2D eigenvalue weighted by Crippen LogP contribution is -2.43. The van der Waals surface area contributed by atoms with Crippen LogP contribution in [0.15, 0.2) is 24.8 Å². The van der Waals surface area contributed by atoms with Crippen LogP contribution >= 0.6 is 11.3 Å². The van der Waals surface area contributed by atoms with Crippen molar-refractivity contribution in [1.82, 2.24) is 10.6 Å². The molecule has 0 aliphatic rings. The van der Waals surface area contributed by atoms with Gasteiger partial charge in [0.1, 0.15) is 0 Å². The van der Waals surface area contributed by atoms with E-state index in [9.17, 15) is 4.79 Å². The Morgan fingerprint density at radius 1 is 1.53 bits per heavy atom. The van der Waals surface area contributed by atoms with E-state index in [0.717, 1.165) is 0 Å². The van der Waals surface area contributed by atoms with E-state index in [0.29, 0.717) is 6.54 Å². The van der Waals surface area contributed by atoms with Crippen molar-refractivity contribution >= 4 is 17.2 Å². The van der Waals surface area contributed by atoms with Gasteiger partial charge in [-0.1, -0.05) is 6.08 Å². The molecular weight excluding hydrogens is 232 g/mol. The molecule has 4 heteroatoms. The maximum Gasteiger partial charge on any atom is 0.237 e. The first kappa shape index (κ1) is 13.9. The van der Waals surface area contributed by atoms with Crippen LogP contribution in [-0.2, 0) is 4.79 Å². The van der Waals surface area contributed by atoms with Crippen LogP contribution in [0.1, 0.15) is 29.6 Å². The van der Waals surface area contributed by atoms with Crippen LogP contribution in [0.3, 0.4) is 0 Å². The van der Waals surface area contributed by atoms with Crippen molar-refractivity contribution in [2.45, 2.75) is 32.9 Å². The largest absolute Gasteiger partial charge is 0.351 e. The van der Waals surface area contributed by atoms with E-state index in [2.05, 4.69) is 43.2 Å². The Labute approximate surface area is 107 Å². The molecule has 0 radical (unpaired) electrons. The first-order chi connectivity index (χ1) is 8.04. The van der Waals surface area contributed by atoms with Gasteiger partial charge in [0.05, 0.1) is 6.04 Å². The predicted octanol–water partition coefficient (Wildman–Crippen LogP) is 2.40. The summed E-state index contributed by atoms with van der Waals surface area (Å²) in [5, 5.41) is 6.06. The van der Waals surface area contributed by atoms with Gasteiger partial charge in [0.2, 0.25) is 5.91 Å². The molecule has 0 bridgehead atoms. The fourth-order valence-electron chi connectivity index (χ4n) is 1.54. The zero-order valence-electron chi connectivity index (χ0n) is 10.6. The fourth-order valence-corrected chi connectivity index (χ4v) is 2.43. The summed E-state index contributed by atoms with van der Waals surface area (Å²) >= 11 is 1.76. The van der Waals surface area contributed by atoms with E-state index in [4.69, 9.17) is 0 Å².